The van der Waals surface area contributed by atoms with Gasteiger partial charge in [0.25, 0.3) is 0 Å². The monoisotopic (exact) mass is 350 g/mol. The third-order valence-electron chi connectivity index (χ3n) is 3.88. The first-order valence-electron chi connectivity index (χ1n) is 7.73. The van der Waals surface area contributed by atoms with Crippen molar-refractivity contribution in [2.75, 3.05) is 0 Å². The van der Waals surface area contributed by atoms with E-state index in [0.717, 1.165) is 16.7 Å². The largest absolute Gasteiger partial charge is 0.504 e. The molecule has 2 rings (SSSR count). The molecule has 0 saturated carbocycles. The van der Waals surface area contributed by atoms with E-state index in [9.17, 15) is 9.67 Å². The molecule has 0 radical (unpaired) electrons. The SMILES string of the molecule is Cc1cc(Oc2ccc(CP(=O)(O)O)cc2)c(O)c(C)c1C(C)C. The Morgan fingerprint density at radius 3 is 2.21 bits per heavy atom. The van der Waals surface area contributed by atoms with Crippen LogP contribution in [0.1, 0.15) is 42.0 Å². The summed E-state index contributed by atoms with van der Waals surface area (Å²) in [6.07, 6.45) is -0.306. The van der Waals surface area contributed by atoms with Crippen molar-refractivity contribution in [3.63, 3.8) is 0 Å². The molecule has 0 unspecified atom stereocenters. The lowest BCUT2D eigenvalue weighted by Gasteiger charge is -2.18. The topological polar surface area (TPSA) is 87.0 Å². The summed E-state index contributed by atoms with van der Waals surface area (Å²) in [5.74, 6) is 1.29. The number of rotatable bonds is 5. The molecule has 0 spiro atoms. The van der Waals surface area contributed by atoms with Crippen LogP contribution in [0.25, 0.3) is 0 Å². The van der Waals surface area contributed by atoms with Crippen LogP contribution in [0.2, 0.25) is 0 Å². The van der Waals surface area contributed by atoms with Crippen LogP contribution in [-0.2, 0) is 10.7 Å². The van der Waals surface area contributed by atoms with E-state index in [-0.39, 0.29) is 11.9 Å². The summed E-state index contributed by atoms with van der Waals surface area (Å²) in [5.41, 5.74) is 3.49. The third kappa shape index (κ3) is 4.38. The molecular formula is C18H23O5P. The van der Waals surface area contributed by atoms with E-state index in [1.54, 1.807) is 30.3 Å². The molecule has 0 amide bonds. The maximum Gasteiger partial charge on any atom is 0.329 e. The van der Waals surface area contributed by atoms with E-state index in [2.05, 4.69) is 13.8 Å². The Bertz CT molecular complexity index is 775. The average Bonchev–Trinajstić information content (AvgIpc) is 2.44. The van der Waals surface area contributed by atoms with Crippen LogP contribution in [0, 0.1) is 13.8 Å². The van der Waals surface area contributed by atoms with Gasteiger partial charge >= 0.3 is 7.60 Å². The van der Waals surface area contributed by atoms with E-state index in [1.165, 1.54) is 0 Å². The number of benzene rings is 2. The van der Waals surface area contributed by atoms with Crippen molar-refractivity contribution >= 4 is 7.60 Å². The Balaban J connectivity index is 2.27. The molecule has 0 aliphatic rings. The first-order chi connectivity index (χ1) is 11.1. The molecule has 0 heterocycles. The molecule has 6 heteroatoms. The van der Waals surface area contributed by atoms with Crippen molar-refractivity contribution in [2.45, 2.75) is 39.8 Å². The number of aryl methyl sites for hydroxylation is 1. The van der Waals surface area contributed by atoms with Crippen molar-refractivity contribution in [2.24, 2.45) is 0 Å². The van der Waals surface area contributed by atoms with Gasteiger partial charge in [-0.1, -0.05) is 26.0 Å². The highest BCUT2D eigenvalue weighted by Crippen LogP contribution is 2.41. The fourth-order valence-electron chi connectivity index (χ4n) is 2.94. The lowest BCUT2D eigenvalue weighted by atomic mass is 9.92. The first kappa shape index (κ1) is 18.5. The molecule has 5 nitrogen and oxygen atoms in total. The molecule has 0 fully saturated rings. The second kappa shape index (κ2) is 6.98. The Morgan fingerprint density at radius 2 is 1.71 bits per heavy atom. The average molecular weight is 350 g/mol. The molecule has 0 aromatic heterocycles. The summed E-state index contributed by atoms with van der Waals surface area (Å²) >= 11 is 0. The van der Waals surface area contributed by atoms with Crippen molar-refractivity contribution in [1.82, 2.24) is 0 Å². The molecule has 0 aliphatic heterocycles. The summed E-state index contributed by atoms with van der Waals surface area (Å²) < 4.78 is 16.8. The standard InChI is InChI=1S/C18H23O5P/c1-11(2)17-12(3)9-16(18(19)13(17)4)23-15-7-5-14(6-8-15)10-24(20,21)22/h5-9,11,19H,10H2,1-4H3,(H2,20,21,22). The Hall–Kier alpha value is -1.81. The minimum absolute atomic E-state index is 0.114. The molecule has 0 saturated heterocycles. The Kier molecular flexibility index (Phi) is 5.38. The zero-order valence-corrected chi connectivity index (χ0v) is 15.2. The highest BCUT2D eigenvalue weighted by molar-refractivity contribution is 7.50. The molecule has 2 aromatic carbocycles. The summed E-state index contributed by atoms with van der Waals surface area (Å²) in [5, 5.41) is 10.4. The third-order valence-corrected chi connectivity index (χ3v) is 4.66. The van der Waals surface area contributed by atoms with Gasteiger partial charge in [0.05, 0.1) is 6.16 Å². The van der Waals surface area contributed by atoms with Crippen molar-refractivity contribution in [3.8, 4) is 17.2 Å². The van der Waals surface area contributed by atoms with E-state index < -0.39 is 7.60 Å². The summed E-state index contributed by atoms with van der Waals surface area (Å²) in [6, 6.07) is 8.28. The van der Waals surface area contributed by atoms with E-state index >= 15 is 0 Å². The van der Waals surface area contributed by atoms with Gasteiger partial charge < -0.3 is 19.6 Å². The van der Waals surface area contributed by atoms with Crippen molar-refractivity contribution < 1.29 is 24.2 Å². The Morgan fingerprint density at radius 1 is 1.12 bits per heavy atom. The Labute approximate surface area is 142 Å². The number of ether oxygens (including phenoxy) is 1. The highest BCUT2D eigenvalue weighted by atomic mass is 31.2. The van der Waals surface area contributed by atoms with Crippen LogP contribution in [0.15, 0.2) is 30.3 Å². The molecule has 0 aliphatic carbocycles. The highest BCUT2D eigenvalue weighted by Gasteiger charge is 2.17. The minimum Gasteiger partial charge on any atom is -0.504 e. The number of phenolic OH excluding ortho intramolecular Hbond substituents is 1. The number of hydrogen-bond donors (Lipinski definition) is 3. The molecule has 0 atom stereocenters. The van der Waals surface area contributed by atoms with E-state index in [4.69, 9.17) is 14.5 Å². The molecule has 3 N–H and O–H groups in total. The second-order valence-corrected chi connectivity index (χ2v) is 7.95. The predicted octanol–water partition coefficient (Wildman–Crippen LogP) is 4.60. The molecule has 130 valence electrons. The van der Waals surface area contributed by atoms with Gasteiger partial charge in [-0.2, -0.15) is 0 Å². The molecule has 2 aromatic rings. The summed E-state index contributed by atoms with van der Waals surface area (Å²) in [7, 11) is -4.09. The number of phenols is 1. The smallest absolute Gasteiger partial charge is 0.329 e. The summed E-state index contributed by atoms with van der Waals surface area (Å²) in [4.78, 5) is 18.0. The fourth-order valence-corrected chi connectivity index (χ4v) is 3.63. The van der Waals surface area contributed by atoms with Crippen LogP contribution in [0.5, 0.6) is 17.2 Å². The molecular weight excluding hydrogens is 327 g/mol. The van der Waals surface area contributed by atoms with Crippen molar-refractivity contribution in [1.29, 1.82) is 0 Å². The van der Waals surface area contributed by atoms with Gasteiger partial charge in [-0.25, -0.2) is 0 Å². The quantitative estimate of drug-likeness (QED) is 0.686. The van der Waals surface area contributed by atoms with Crippen LogP contribution >= 0.6 is 7.60 Å². The van der Waals surface area contributed by atoms with Gasteiger partial charge in [-0.05, 0) is 60.2 Å². The lowest BCUT2D eigenvalue weighted by Crippen LogP contribution is -1.98. The van der Waals surface area contributed by atoms with E-state index in [0.29, 0.717) is 23.0 Å². The van der Waals surface area contributed by atoms with Gasteiger partial charge in [0.15, 0.2) is 11.5 Å². The predicted molar refractivity (Wildman–Crippen MR) is 93.9 cm³/mol. The number of hydrogen-bond acceptors (Lipinski definition) is 3. The van der Waals surface area contributed by atoms with Crippen LogP contribution in [0.3, 0.4) is 0 Å². The maximum absolute atomic E-state index is 11.0. The number of aromatic hydroxyl groups is 1. The van der Waals surface area contributed by atoms with Crippen LogP contribution in [0.4, 0.5) is 0 Å². The maximum atomic E-state index is 11.0. The second-order valence-electron chi connectivity index (χ2n) is 6.30. The zero-order valence-electron chi connectivity index (χ0n) is 14.3. The minimum atomic E-state index is -4.09. The molecule has 24 heavy (non-hydrogen) atoms. The van der Waals surface area contributed by atoms with Gasteiger partial charge in [-0.3, -0.25) is 4.57 Å². The van der Waals surface area contributed by atoms with Gasteiger partial charge in [-0.15, -0.1) is 0 Å². The van der Waals surface area contributed by atoms with Gasteiger partial charge in [0.1, 0.15) is 5.75 Å². The zero-order chi connectivity index (χ0) is 18.1. The molecule has 0 bridgehead atoms. The van der Waals surface area contributed by atoms with E-state index in [1.807, 2.05) is 13.8 Å². The normalized spacial score (nSPS) is 11.8. The van der Waals surface area contributed by atoms with Gasteiger partial charge in [0, 0.05) is 0 Å². The van der Waals surface area contributed by atoms with Crippen molar-refractivity contribution in [3.05, 3.63) is 52.6 Å². The van der Waals surface area contributed by atoms with Crippen LogP contribution in [-0.4, -0.2) is 14.9 Å². The van der Waals surface area contributed by atoms with Gasteiger partial charge in [0.2, 0.25) is 0 Å². The fraction of sp³-hybridized carbons (Fsp3) is 0.333. The van der Waals surface area contributed by atoms with Crippen LogP contribution < -0.4 is 4.74 Å². The first-order valence-corrected chi connectivity index (χ1v) is 9.52. The lowest BCUT2D eigenvalue weighted by molar-refractivity contribution is 0.371. The summed E-state index contributed by atoms with van der Waals surface area (Å²) in [6.45, 7) is 8.01.